The van der Waals surface area contributed by atoms with Gasteiger partial charge in [0, 0.05) is 17.8 Å². The summed E-state index contributed by atoms with van der Waals surface area (Å²) in [5.41, 5.74) is 10.8. The van der Waals surface area contributed by atoms with Crippen molar-refractivity contribution in [1.82, 2.24) is 0 Å². The lowest BCUT2D eigenvalue weighted by atomic mass is 10.1. The van der Waals surface area contributed by atoms with E-state index in [4.69, 9.17) is 18.0 Å². The molecule has 0 bridgehead atoms. The van der Waals surface area contributed by atoms with E-state index in [9.17, 15) is 4.39 Å². The van der Waals surface area contributed by atoms with E-state index in [-0.39, 0.29) is 5.82 Å². The van der Waals surface area contributed by atoms with E-state index in [1.165, 1.54) is 6.07 Å². The molecule has 110 valence electrons. The van der Waals surface area contributed by atoms with Crippen molar-refractivity contribution in [2.24, 2.45) is 5.73 Å². The van der Waals surface area contributed by atoms with E-state index in [0.717, 1.165) is 40.9 Å². The smallest absolute Gasteiger partial charge is 0.123 e. The van der Waals surface area contributed by atoms with Gasteiger partial charge in [-0.05, 0) is 67.3 Å². The number of anilines is 1. The molecule has 0 heterocycles. The van der Waals surface area contributed by atoms with Gasteiger partial charge in [-0.3, -0.25) is 0 Å². The predicted octanol–water partition coefficient (Wildman–Crippen LogP) is 3.73. The Kier molecular flexibility index (Phi) is 4.91. The van der Waals surface area contributed by atoms with E-state index in [1.807, 2.05) is 38.1 Å². The molecule has 0 saturated heterocycles. The normalized spacial score (nSPS) is 10.4. The Morgan fingerprint density at radius 2 is 1.90 bits per heavy atom. The summed E-state index contributed by atoms with van der Waals surface area (Å²) in [5, 5.41) is 3.36. The molecule has 0 aliphatic carbocycles. The maximum Gasteiger partial charge on any atom is 0.123 e. The summed E-state index contributed by atoms with van der Waals surface area (Å²) in [4.78, 5) is 0.418. The molecule has 0 unspecified atom stereocenters. The average molecular weight is 302 g/mol. The molecule has 0 fully saturated rings. The zero-order valence-corrected chi connectivity index (χ0v) is 13.1. The molecule has 2 aromatic carbocycles. The summed E-state index contributed by atoms with van der Waals surface area (Å²) >= 11 is 5.00. The molecule has 0 saturated carbocycles. The van der Waals surface area contributed by atoms with Crippen molar-refractivity contribution in [2.45, 2.75) is 20.3 Å². The number of nitrogens with two attached hydrogens (primary N) is 1. The Morgan fingerprint density at radius 1 is 1.14 bits per heavy atom. The number of nitrogens with one attached hydrogen (secondary N) is 1. The monoisotopic (exact) mass is 302 g/mol. The second-order valence-electron chi connectivity index (χ2n) is 5.14. The third kappa shape index (κ3) is 4.02. The molecule has 0 aromatic heterocycles. The van der Waals surface area contributed by atoms with Gasteiger partial charge < -0.3 is 11.1 Å². The lowest BCUT2D eigenvalue weighted by molar-refractivity contribution is 0.625. The summed E-state index contributed by atoms with van der Waals surface area (Å²) in [6.07, 6.45) is 0.849. The highest BCUT2D eigenvalue weighted by molar-refractivity contribution is 7.80. The molecule has 0 aliphatic heterocycles. The van der Waals surface area contributed by atoms with Crippen LogP contribution in [0.5, 0.6) is 0 Å². The number of thiocarbonyl (C=S) groups is 1. The first-order chi connectivity index (χ1) is 9.97. The van der Waals surface area contributed by atoms with Crippen LogP contribution >= 0.6 is 12.2 Å². The average Bonchev–Trinajstić information content (AvgIpc) is 2.41. The fourth-order valence-corrected chi connectivity index (χ4v) is 2.56. The molecule has 0 spiro atoms. The van der Waals surface area contributed by atoms with Crippen molar-refractivity contribution in [3.63, 3.8) is 0 Å². The van der Waals surface area contributed by atoms with Gasteiger partial charge in [0.2, 0.25) is 0 Å². The molecule has 4 heteroatoms. The largest absolute Gasteiger partial charge is 0.389 e. The van der Waals surface area contributed by atoms with Crippen LogP contribution in [0.25, 0.3) is 0 Å². The molecule has 2 aromatic rings. The number of halogens is 1. The minimum absolute atomic E-state index is 0.187. The van der Waals surface area contributed by atoms with Crippen molar-refractivity contribution in [3.05, 3.63) is 64.5 Å². The molecular weight excluding hydrogens is 283 g/mol. The SMILES string of the molecule is Cc1cc(F)ccc1CCNc1ccc(C(N)=S)c(C)c1. The third-order valence-corrected chi connectivity index (χ3v) is 3.74. The minimum Gasteiger partial charge on any atom is -0.389 e. The molecule has 0 aliphatic rings. The van der Waals surface area contributed by atoms with Crippen LogP contribution in [0.15, 0.2) is 36.4 Å². The fourth-order valence-electron chi connectivity index (χ4n) is 2.33. The number of benzene rings is 2. The summed E-state index contributed by atoms with van der Waals surface area (Å²) in [7, 11) is 0. The fraction of sp³-hybridized carbons (Fsp3) is 0.235. The lowest BCUT2D eigenvalue weighted by Crippen LogP contribution is -2.12. The standard InChI is InChI=1S/C17H19FN2S/c1-11-9-14(18)4-3-13(11)7-8-20-15-5-6-16(17(19)21)12(2)10-15/h3-6,9-10,20H,7-8H2,1-2H3,(H2,19,21). The summed E-state index contributed by atoms with van der Waals surface area (Å²) in [6.45, 7) is 4.71. The number of hydrogen-bond acceptors (Lipinski definition) is 2. The van der Waals surface area contributed by atoms with Crippen molar-refractivity contribution in [1.29, 1.82) is 0 Å². The van der Waals surface area contributed by atoms with Gasteiger partial charge in [-0.25, -0.2) is 4.39 Å². The van der Waals surface area contributed by atoms with Gasteiger partial charge in [-0.2, -0.15) is 0 Å². The van der Waals surface area contributed by atoms with Crippen LogP contribution in [0, 0.1) is 19.7 Å². The van der Waals surface area contributed by atoms with Crippen molar-refractivity contribution >= 4 is 22.9 Å². The van der Waals surface area contributed by atoms with E-state index < -0.39 is 0 Å². The zero-order chi connectivity index (χ0) is 15.4. The van der Waals surface area contributed by atoms with Crippen LogP contribution in [0.3, 0.4) is 0 Å². The Morgan fingerprint density at radius 3 is 2.52 bits per heavy atom. The van der Waals surface area contributed by atoms with Gasteiger partial charge in [0.05, 0.1) is 0 Å². The molecule has 3 N–H and O–H groups in total. The van der Waals surface area contributed by atoms with Crippen molar-refractivity contribution < 1.29 is 4.39 Å². The Bertz CT molecular complexity index is 668. The molecule has 2 nitrogen and oxygen atoms in total. The first-order valence-corrected chi connectivity index (χ1v) is 7.27. The Hall–Kier alpha value is -1.94. The summed E-state index contributed by atoms with van der Waals surface area (Å²) in [6, 6.07) is 10.8. The van der Waals surface area contributed by atoms with Crippen LogP contribution in [0.2, 0.25) is 0 Å². The first kappa shape index (κ1) is 15.4. The summed E-state index contributed by atoms with van der Waals surface area (Å²) < 4.78 is 13.0. The molecule has 2 rings (SSSR count). The van der Waals surface area contributed by atoms with E-state index in [1.54, 1.807) is 6.07 Å². The predicted molar refractivity (Wildman–Crippen MR) is 90.4 cm³/mol. The van der Waals surface area contributed by atoms with Crippen LogP contribution in [-0.2, 0) is 6.42 Å². The van der Waals surface area contributed by atoms with E-state index in [2.05, 4.69) is 5.32 Å². The number of hydrogen-bond donors (Lipinski definition) is 2. The maximum absolute atomic E-state index is 13.0. The van der Waals surface area contributed by atoms with Crippen LogP contribution < -0.4 is 11.1 Å². The quantitative estimate of drug-likeness (QED) is 0.827. The van der Waals surface area contributed by atoms with Crippen LogP contribution in [0.4, 0.5) is 10.1 Å². The van der Waals surface area contributed by atoms with Crippen molar-refractivity contribution in [2.75, 3.05) is 11.9 Å². The highest BCUT2D eigenvalue weighted by Crippen LogP contribution is 2.16. The van der Waals surface area contributed by atoms with E-state index >= 15 is 0 Å². The maximum atomic E-state index is 13.0. The number of rotatable bonds is 5. The van der Waals surface area contributed by atoms with Crippen LogP contribution in [-0.4, -0.2) is 11.5 Å². The highest BCUT2D eigenvalue weighted by atomic mass is 32.1. The molecule has 0 radical (unpaired) electrons. The van der Waals surface area contributed by atoms with Crippen molar-refractivity contribution in [3.8, 4) is 0 Å². The van der Waals surface area contributed by atoms with Gasteiger partial charge in [-0.15, -0.1) is 0 Å². The molecule has 0 atom stereocenters. The van der Waals surface area contributed by atoms with E-state index in [0.29, 0.717) is 4.99 Å². The second-order valence-corrected chi connectivity index (χ2v) is 5.58. The van der Waals surface area contributed by atoms with Gasteiger partial charge in [0.15, 0.2) is 0 Å². The first-order valence-electron chi connectivity index (χ1n) is 6.86. The van der Waals surface area contributed by atoms with Gasteiger partial charge in [0.1, 0.15) is 10.8 Å². The summed E-state index contributed by atoms with van der Waals surface area (Å²) in [5.74, 6) is -0.187. The van der Waals surface area contributed by atoms with Gasteiger partial charge >= 0.3 is 0 Å². The second kappa shape index (κ2) is 6.68. The molecule has 0 amide bonds. The number of aryl methyl sites for hydroxylation is 2. The third-order valence-electron chi connectivity index (χ3n) is 3.52. The lowest BCUT2D eigenvalue weighted by Gasteiger charge is -2.11. The van der Waals surface area contributed by atoms with Gasteiger partial charge in [-0.1, -0.05) is 18.3 Å². The minimum atomic E-state index is -0.187. The van der Waals surface area contributed by atoms with Crippen LogP contribution in [0.1, 0.15) is 22.3 Å². The zero-order valence-electron chi connectivity index (χ0n) is 12.2. The Labute approximate surface area is 130 Å². The molecular formula is C17H19FN2S. The topological polar surface area (TPSA) is 38.0 Å². The highest BCUT2D eigenvalue weighted by Gasteiger charge is 2.03. The van der Waals surface area contributed by atoms with Gasteiger partial charge in [0.25, 0.3) is 0 Å². The Balaban J connectivity index is 1.97. The molecule has 21 heavy (non-hydrogen) atoms.